The first-order valence-corrected chi connectivity index (χ1v) is 11.2. The molecule has 1 heterocycles. The van der Waals surface area contributed by atoms with E-state index in [4.69, 9.17) is 9.47 Å². The number of nitro groups is 1. The minimum absolute atomic E-state index is 0.139. The van der Waals surface area contributed by atoms with Crippen molar-refractivity contribution in [3.63, 3.8) is 0 Å². The van der Waals surface area contributed by atoms with Gasteiger partial charge in [0.25, 0.3) is 5.69 Å². The van der Waals surface area contributed by atoms with Gasteiger partial charge in [0.2, 0.25) is 0 Å². The molecule has 0 saturated heterocycles. The van der Waals surface area contributed by atoms with Crippen molar-refractivity contribution in [1.29, 1.82) is 0 Å². The lowest BCUT2D eigenvalue weighted by Crippen LogP contribution is -2.32. The van der Waals surface area contributed by atoms with E-state index in [1.54, 1.807) is 37.7 Å². The van der Waals surface area contributed by atoms with Gasteiger partial charge in [-0.3, -0.25) is 10.1 Å². The number of carbonyl (C=O) groups excluding carboxylic acids is 2. The molecule has 174 valence electrons. The van der Waals surface area contributed by atoms with E-state index >= 15 is 0 Å². The number of rotatable bonds is 10. The SMILES string of the molecule is COC(=O)C1=C(C)NC(C)=C(C(=O)OCCSCCN(C)C)C1c1ccccc1[N+](=O)[O-]. The van der Waals surface area contributed by atoms with Crippen LogP contribution in [0.2, 0.25) is 0 Å². The second-order valence-electron chi connectivity index (χ2n) is 7.49. The topological polar surface area (TPSA) is 111 Å². The quantitative estimate of drug-likeness (QED) is 0.242. The van der Waals surface area contributed by atoms with Crippen LogP contribution < -0.4 is 5.32 Å². The molecule has 1 aromatic carbocycles. The predicted octanol–water partition coefficient (Wildman–Crippen LogP) is 2.84. The lowest BCUT2D eigenvalue weighted by Gasteiger charge is -2.30. The number of thioether (sulfide) groups is 1. The summed E-state index contributed by atoms with van der Waals surface area (Å²) in [5.41, 5.74) is 1.27. The highest BCUT2D eigenvalue weighted by molar-refractivity contribution is 7.99. The molecule has 1 atom stereocenters. The van der Waals surface area contributed by atoms with Gasteiger partial charge in [0, 0.05) is 41.1 Å². The zero-order chi connectivity index (χ0) is 23.8. The van der Waals surface area contributed by atoms with Crippen LogP contribution in [0, 0.1) is 10.1 Å². The van der Waals surface area contributed by atoms with Crippen LogP contribution in [0.25, 0.3) is 0 Å². The number of esters is 2. The zero-order valence-electron chi connectivity index (χ0n) is 19.0. The maximum absolute atomic E-state index is 13.1. The number of methoxy groups -OCH3 is 1. The average molecular weight is 464 g/mol. The van der Waals surface area contributed by atoms with Crippen LogP contribution in [0.3, 0.4) is 0 Å². The van der Waals surface area contributed by atoms with Gasteiger partial charge >= 0.3 is 11.9 Å². The molecule has 0 aromatic heterocycles. The molecule has 0 aliphatic carbocycles. The number of ether oxygens (including phenoxy) is 2. The summed E-state index contributed by atoms with van der Waals surface area (Å²) in [6.07, 6.45) is 0. The fourth-order valence-electron chi connectivity index (χ4n) is 3.47. The summed E-state index contributed by atoms with van der Waals surface area (Å²) in [4.78, 5) is 39.0. The smallest absolute Gasteiger partial charge is 0.336 e. The highest BCUT2D eigenvalue weighted by Crippen LogP contribution is 2.42. The Hall–Kier alpha value is -2.85. The maximum atomic E-state index is 13.1. The highest BCUT2D eigenvalue weighted by Gasteiger charge is 2.40. The van der Waals surface area contributed by atoms with E-state index in [0.29, 0.717) is 17.1 Å². The lowest BCUT2D eigenvalue weighted by molar-refractivity contribution is -0.385. The van der Waals surface area contributed by atoms with Crippen LogP contribution >= 0.6 is 11.8 Å². The molecule has 1 aromatic rings. The molecule has 0 amide bonds. The standard InChI is InChI=1S/C22H29N3O6S/c1-14-18(21(26)30-5)20(16-8-6-7-9-17(16)25(28)29)19(15(2)23-14)22(27)31-11-13-32-12-10-24(3)4/h6-9,20,23H,10-13H2,1-5H3. The van der Waals surface area contributed by atoms with Gasteiger partial charge in [-0.15, -0.1) is 0 Å². The molecule has 10 heteroatoms. The van der Waals surface area contributed by atoms with Crippen molar-refractivity contribution < 1.29 is 24.0 Å². The molecule has 0 bridgehead atoms. The number of nitrogens with one attached hydrogen (secondary N) is 1. The number of allylic oxidation sites excluding steroid dienone is 2. The summed E-state index contributed by atoms with van der Waals surface area (Å²) in [7, 11) is 5.21. The molecule has 0 spiro atoms. The fraction of sp³-hybridized carbons (Fsp3) is 0.455. The summed E-state index contributed by atoms with van der Waals surface area (Å²) < 4.78 is 10.4. The Kier molecular flexibility index (Phi) is 9.27. The van der Waals surface area contributed by atoms with Gasteiger partial charge in [-0.25, -0.2) is 9.59 Å². The van der Waals surface area contributed by atoms with E-state index < -0.39 is 22.8 Å². The van der Waals surface area contributed by atoms with Gasteiger partial charge in [0.05, 0.1) is 29.1 Å². The summed E-state index contributed by atoms with van der Waals surface area (Å²) in [5, 5.41) is 14.7. The Labute approximate surface area is 192 Å². The molecule has 0 fully saturated rings. The van der Waals surface area contributed by atoms with Crippen molar-refractivity contribution in [1.82, 2.24) is 10.2 Å². The van der Waals surface area contributed by atoms with Crippen LogP contribution in [-0.4, -0.2) is 67.6 Å². The van der Waals surface area contributed by atoms with Gasteiger partial charge in [-0.05, 0) is 27.9 Å². The number of benzene rings is 1. The number of dihydropyridines is 1. The van der Waals surface area contributed by atoms with Crippen molar-refractivity contribution in [2.45, 2.75) is 19.8 Å². The molecule has 1 N–H and O–H groups in total. The minimum atomic E-state index is -0.987. The number of para-hydroxylation sites is 1. The van der Waals surface area contributed by atoms with Gasteiger partial charge in [-0.1, -0.05) is 18.2 Å². The maximum Gasteiger partial charge on any atom is 0.336 e. The van der Waals surface area contributed by atoms with Crippen LogP contribution in [0.4, 0.5) is 5.69 Å². The molecule has 9 nitrogen and oxygen atoms in total. The Morgan fingerprint density at radius 3 is 2.34 bits per heavy atom. The van der Waals surface area contributed by atoms with Crippen LogP contribution in [0.5, 0.6) is 0 Å². The van der Waals surface area contributed by atoms with E-state index in [2.05, 4.69) is 10.2 Å². The van der Waals surface area contributed by atoms with E-state index in [-0.39, 0.29) is 29.0 Å². The molecule has 32 heavy (non-hydrogen) atoms. The Morgan fingerprint density at radius 2 is 1.75 bits per heavy atom. The summed E-state index contributed by atoms with van der Waals surface area (Å²) >= 11 is 1.66. The van der Waals surface area contributed by atoms with Crippen molar-refractivity contribution in [2.75, 3.05) is 45.9 Å². The Morgan fingerprint density at radius 1 is 1.12 bits per heavy atom. The van der Waals surface area contributed by atoms with E-state index in [1.807, 2.05) is 14.1 Å². The van der Waals surface area contributed by atoms with E-state index in [1.165, 1.54) is 19.2 Å². The predicted molar refractivity (Wildman–Crippen MR) is 123 cm³/mol. The summed E-state index contributed by atoms with van der Waals surface area (Å²) in [6.45, 7) is 4.45. The molecule has 1 aliphatic heterocycles. The number of nitrogens with zero attached hydrogens (tertiary/aromatic N) is 2. The first-order valence-electron chi connectivity index (χ1n) is 10.1. The third-order valence-corrected chi connectivity index (χ3v) is 5.90. The summed E-state index contributed by atoms with van der Waals surface area (Å²) in [6, 6.07) is 6.06. The van der Waals surface area contributed by atoms with Crippen LogP contribution in [0.15, 0.2) is 46.8 Å². The first-order chi connectivity index (χ1) is 15.2. The first kappa shape index (κ1) is 25.4. The van der Waals surface area contributed by atoms with Gasteiger partial charge in [0.1, 0.15) is 6.61 Å². The monoisotopic (exact) mass is 463 g/mol. The van der Waals surface area contributed by atoms with Crippen LogP contribution in [0.1, 0.15) is 25.3 Å². The third-order valence-electron chi connectivity index (χ3n) is 4.97. The number of hydrogen-bond donors (Lipinski definition) is 1. The molecular formula is C22H29N3O6S. The number of nitro benzene ring substituents is 1. The average Bonchev–Trinajstić information content (AvgIpc) is 2.74. The fourth-order valence-corrected chi connectivity index (χ4v) is 4.37. The van der Waals surface area contributed by atoms with Crippen molar-refractivity contribution in [2.24, 2.45) is 0 Å². The van der Waals surface area contributed by atoms with E-state index in [0.717, 1.165) is 12.3 Å². The zero-order valence-corrected chi connectivity index (χ0v) is 19.8. The number of hydrogen-bond acceptors (Lipinski definition) is 9. The molecule has 1 unspecified atom stereocenters. The van der Waals surface area contributed by atoms with E-state index in [9.17, 15) is 19.7 Å². The Balaban J connectivity index is 2.37. The molecule has 1 aliphatic rings. The van der Waals surface area contributed by atoms with Crippen molar-refractivity contribution in [3.05, 3.63) is 62.5 Å². The Bertz CT molecular complexity index is 941. The minimum Gasteiger partial charge on any atom is -0.466 e. The normalized spacial score (nSPS) is 16.1. The highest BCUT2D eigenvalue weighted by atomic mass is 32.2. The van der Waals surface area contributed by atoms with Crippen molar-refractivity contribution in [3.8, 4) is 0 Å². The van der Waals surface area contributed by atoms with Gasteiger partial charge in [0.15, 0.2) is 0 Å². The second kappa shape index (κ2) is 11.7. The molecular weight excluding hydrogens is 434 g/mol. The third kappa shape index (κ3) is 6.10. The van der Waals surface area contributed by atoms with Gasteiger partial charge < -0.3 is 19.7 Å². The second-order valence-corrected chi connectivity index (χ2v) is 8.72. The number of carbonyl (C=O) groups is 2. The molecule has 0 saturated carbocycles. The largest absolute Gasteiger partial charge is 0.466 e. The molecule has 2 rings (SSSR count). The van der Waals surface area contributed by atoms with Crippen molar-refractivity contribution >= 4 is 29.4 Å². The van der Waals surface area contributed by atoms with Gasteiger partial charge in [-0.2, -0.15) is 11.8 Å². The summed E-state index contributed by atoms with van der Waals surface area (Å²) in [5.74, 6) is -0.760. The lowest BCUT2D eigenvalue weighted by atomic mass is 9.79. The van der Waals surface area contributed by atoms with Crippen LogP contribution in [-0.2, 0) is 19.1 Å². The molecule has 0 radical (unpaired) electrons.